The molecule has 0 spiro atoms. The first kappa shape index (κ1) is 19.7. The van der Waals surface area contributed by atoms with Gasteiger partial charge in [-0.05, 0) is 54.4 Å². The molecule has 2 heterocycles. The van der Waals surface area contributed by atoms with Crippen molar-refractivity contribution in [1.29, 1.82) is 0 Å². The molecule has 7 nitrogen and oxygen atoms in total. The number of hydrogen-bond acceptors (Lipinski definition) is 5. The largest absolute Gasteiger partial charge is 0.348 e. The number of sulfone groups is 1. The van der Waals surface area contributed by atoms with Gasteiger partial charge in [-0.3, -0.25) is 9.89 Å². The minimum absolute atomic E-state index is 0.0320. The molecule has 0 fully saturated rings. The zero-order valence-electron chi connectivity index (χ0n) is 15.9. The smallest absolute Gasteiger partial charge is 0.253 e. The van der Waals surface area contributed by atoms with Crippen molar-refractivity contribution < 1.29 is 17.6 Å². The van der Waals surface area contributed by atoms with Gasteiger partial charge in [-0.1, -0.05) is 12.1 Å². The van der Waals surface area contributed by atoms with E-state index in [1.165, 1.54) is 37.4 Å². The highest BCUT2D eigenvalue weighted by Crippen LogP contribution is 2.23. The van der Waals surface area contributed by atoms with E-state index < -0.39 is 15.7 Å². The van der Waals surface area contributed by atoms with Crippen molar-refractivity contribution >= 4 is 26.8 Å². The fraction of sp³-hybridized carbons (Fsp3) is 0.0952. The monoisotopic (exact) mass is 424 g/mol. The molecule has 152 valence electrons. The lowest BCUT2D eigenvalue weighted by molar-refractivity contribution is 0.0950. The van der Waals surface area contributed by atoms with Gasteiger partial charge < -0.3 is 5.32 Å². The number of fused-ring (bicyclic) bond motifs is 1. The van der Waals surface area contributed by atoms with Crippen LogP contribution in [0.25, 0.3) is 11.0 Å². The number of pyridine rings is 1. The lowest BCUT2D eigenvalue weighted by Gasteiger charge is -2.08. The Kier molecular flexibility index (Phi) is 5.04. The average molecular weight is 424 g/mol. The molecule has 2 N–H and O–H groups in total. The summed E-state index contributed by atoms with van der Waals surface area (Å²) in [6.45, 7) is 1.73. The van der Waals surface area contributed by atoms with Crippen molar-refractivity contribution in [1.82, 2.24) is 20.5 Å². The van der Waals surface area contributed by atoms with Crippen LogP contribution in [0.4, 0.5) is 4.39 Å². The summed E-state index contributed by atoms with van der Waals surface area (Å²) < 4.78 is 38.9. The van der Waals surface area contributed by atoms with Crippen LogP contribution >= 0.6 is 0 Å². The SMILES string of the molecule is Cc1cc(S(=O)(=O)c2ccc(CNC(=O)c3cnc4[nH]ncc4c3)cc2)ccc1F. The number of aromatic amines is 1. The first-order valence-corrected chi connectivity index (χ1v) is 10.5. The molecule has 1 amide bonds. The zero-order chi connectivity index (χ0) is 21.3. The number of H-pyrrole nitrogens is 1. The predicted octanol–water partition coefficient (Wildman–Crippen LogP) is 3.17. The summed E-state index contributed by atoms with van der Waals surface area (Å²) in [5, 5.41) is 10.1. The van der Waals surface area contributed by atoms with Crippen LogP contribution in [0.2, 0.25) is 0 Å². The number of nitrogens with zero attached hydrogens (tertiary/aromatic N) is 2. The maximum atomic E-state index is 13.4. The second kappa shape index (κ2) is 7.68. The lowest BCUT2D eigenvalue weighted by Crippen LogP contribution is -2.22. The topological polar surface area (TPSA) is 105 Å². The Balaban J connectivity index is 1.46. The van der Waals surface area contributed by atoms with Gasteiger partial charge in [-0.2, -0.15) is 5.10 Å². The molecule has 0 saturated carbocycles. The van der Waals surface area contributed by atoms with E-state index in [0.29, 0.717) is 11.2 Å². The number of halogens is 1. The number of carbonyl (C=O) groups is 1. The van der Waals surface area contributed by atoms with Crippen molar-refractivity contribution in [2.45, 2.75) is 23.3 Å². The van der Waals surface area contributed by atoms with Crippen molar-refractivity contribution in [2.24, 2.45) is 0 Å². The number of aryl methyl sites for hydroxylation is 1. The van der Waals surface area contributed by atoms with Crippen LogP contribution in [0.3, 0.4) is 0 Å². The molecule has 0 aliphatic rings. The molecule has 0 radical (unpaired) electrons. The standard InChI is InChI=1S/C21H17FN4O3S/c1-13-8-18(6-7-19(13)22)30(28,29)17-4-2-14(3-5-17)10-24-21(27)16-9-15-12-25-26-20(15)23-11-16/h2-9,11-12H,10H2,1H3,(H,24,27)(H,23,25,26). The summed E-state index contributed by atoms with van der Waals surface area (Å²) in [5.41, 5.74) is 1.99. The van der Waals surface area contributed by atoms with Crippen molar-refractivity contribution in [3.63, 3.8) is 0 Å². The minimum Gasteiger partial charge on any atom is -0.348 e. The molecular formula is C21H17FN4O3S. The normalized spacial score (nSPS) is 11.5. The van der Waals surface area contributed by atoms with Crippen molar-refractivity contribution in [2.75, 3.05) is 0 Å². The molecule has 0 unspecified atom stereocenters. The van der Waals surface area contributed by atoms with E-state index in [0.717, 1.165) is 17.0 Å². The highest BCUT2D eigenvalue weighted by molar-refractivity contribution is 7.91. The van der Waals surface area contributed by atoms with Crippen LogP contribution in [0.1, 0.15) is 21.5 Å². The van der Waals surface area contributed by atoms with Crippen LogP contribution in [0.15, 0.2) is 70.7 Å². The van der Waals surface area contributed by atoms with Gasteiger partial charge >= 0.3 is 0 Å². The lowest BCUT2D eigenvalue weighted by atomic mass is 10.2. The van der Waals surface area contributed by atoms with E-state index in [2.05, 4.69) is 20.5 Å². The second-order valence-electron chi connectivity index (χ2n) is 6.77. The van der Waals surface area contributed by atoms with Gasteiger partial charge in [-0.15, -0.1) is 0 Å². The third-order valence-corrected chi connectivity index (χ3v) is 6.45. The minimum atomic E-state index is -3.76. The first-order valence-electron chi connectivity index (χ1n) is 9.02. The Labute approximate surface area is 171 Å². The summed E-state index contributed by atoms with van der Waals surface area (Å²) in [5.74, 6) is -0.758. The first-order chi connectivity index (χ1) is 14.3. The highest BCUT2D eigenvalue weighted by Gasteiger charge is 2.18. The Hall–Kier alpha value is -3.59. The molecule has 4 rings (SSSR count). The number of aromatic nitrogens is 3. The molecule has 0 aliphatic heterocycles. The third-order valence-electron chi connectivity index (χ3n) is 4.68. The van der Waals surface area contributed by atoms with E-state index in [-0.39, 0.29) is 27.8 Å². The molecule has 2 aromatic heterocycles. The van der Waals surface area contributed by atoms with Gasteiger partial charge in [0.1, 0.15) is 5.82 Å². The van der Waals surface area contributed by atoms with E-state index in [1.807, 2.05) is 0 Å². The molecule has 0 aliphatic carbocycles. The van der Waals surface area contributed by atoms with Crippen molar-refractivity contribution in [3.05, 3.63) is 83.4 Å². The summed E-state index contributed by atoms with van der Waals surface area (Å²) in [6.07, 6.45) is 3.04. The van der Waals surface area contributed by atoms with E-state index in [1.54, 1.807) is 24.4 Å². The fourth-order valence-electron chi connectivity index (χ4n) is 2.95. The molecule has 30 heavy (non-hydrogen) atoms. The molecule has 0 bridgehead atoms. The number of hydrogen-bond donors (Lipinski definition) is 2. The van der Waals surface area contributed by atoms with E-state index in [9.17, 15) is 17.6 Å². The number of benzene rings is 2. The highest BCUT2D eigenvalue weighted by atomic mass is 32.2. The van der Waals surface area contributed by atoms with Gasteiger partial charge in [0.2, 0.25) is 9.84 Å². The maximum Gasteiger partial charge on any atom is 0.253 e. The summed E-state index contributed by atoms with van der Waals surface area (Å²) >= 11 is 0. The Morgan fingerprint density at radius 3 is 2.53 bits per heavy atom. The van der Waals surface area contributed by atoms with Gasteiger partial charge in [0.05, 0.1) is 21.6 Å². The summed E-state index contributed by atoms with van der Waals surface area (Å²) in [7, 11) is -3.76. The Morgan fingerprint density at radius 1 is 1.07 bits per heavy atom. The van der Waals surface area contributed by atoms with Gasteiger partial charge in [0.15, 0.2) is 5.65 Å². The van der Waals surface area contributed by atoms with Crippen LogP contribution in [0, 0.1) is 12.7 Å². The average Bonchev–Trinajstić information content (AvgIpc) is 3.22. The van der Waals surface area contributed by atoms with Gasteiger partial charge in [-0.25, -0.2) is 17.8 Å². The molecular weight excluding hydrogens is 407 g/mol. The quantitative estimate of drug-likeness (QED) is 0.479. The molecule has 2 aromatic carbocycles. The predicted molar refractivity (Wildman–Crippen MR) is 108 cm³/mol. The van der Waals surface area contributed by atoms with E-state index >= 15 is 0 Å². The van der Waals surface area contributed by atoms with Crippen molar-refractivity contribution in [3.8, 4) is 0 Å². The van der Waals surface area contributed by atoms with Gasteiger partial charge in [0.25, 0.3) is 5.91 Å². The zero-order valence-corrected chi connectivity index (χ0v) is 16.7. The number of carbonyl (C=O) groups excluding carboxylic acids is 1. The van der Waals surface area contributed by atoms with Crippen LogP contribution in [-0.4, -0.2) is 29.5 Å². The Bertz CT molecular complexity index is 1350. The van der Waals surface area contributed by atoms with Crippen LogP contribution in [-0.2, 0) is 16.4 Å². The Morgan fingerprint density at radius 2 is 1.80 bits per heavy atom. The second-order valence-corrected chi connectivity index (χ2v) is 8.72. The van der Waals surface area contributed by atoms with Crippen LogP contribution < -0.4 is 5.32 Å². The molecule has 9 heteroatoms. The number of rotatable bonds is 5. The fourth-order valence-corrected chi connectivity index (χ4v) is 4.30. The summed E-state index contributed by atoms with van der Waals surface area (Å²) in [6, 6.07) is 11.6. The molecule has 0 saturated heterocycles. The molecule has 0 atom stereocenters. The number of amides is 1. The maximum absolute atomic E-state index is 13.4. The van der Waals surface area contributed by atoms with Crippen LogP contribution in [0.5, 0.6) is 0 Å². The molecule has 4 aromatic rings. The third kappa shape index (κ3) is 3.79. The van der Waals surface area contributed by atoms with Gasteiger partial charge in [0, 0.05) is 18.1 Å². The van der Waals surface area contributed by atoms with E-state index in [4.69, 9.17) is 0 Å². The number of nitrogens with one attached hydrogen (secondary N) is 2. The summed E-state index contributed by atoms with van der Waals surface area (Å²) in [4.78, 5) is 16.6.